The Morgan fingerprint density at radius 1 is 1.11 bits per heavy atom. The number of hydrogen-bond acceptors (Lipinski definition) is 6. The Hall–Kier alpha value is -2.71. The Labute approximate surface area is 156 Å². The Morgan fingerprint density at radius 3 is 2.67 bits per heavy atom. The second-order valence-electron chi connectivity index (χ2n) is 6.36. The molecule has 1 aliphatic heterocycles. The van der Waals surface area contributed by atoms with Gasteiger partial charge >= 0.3 is 5.63 Å². The summed E-state index contributed by atoms with van der Waals surface area (Å²) >= 11 is 0. The van der Waals surface area contributed by atoms with Gasteiger partial charge in [0, 0.05) is 30.7 Å². The minimum absolute atomic E-state index is 0.0356. The topological polar surface area (TPSA) is 89.7 Å². The molecule has 8 heteroatoms. The SMILES string of the molecule is O=c1ccc2cc(S(=O)(=O)N3CCC(Oc4cccnc4)CC3)ccc2o1. The van der Waals surface area contributed by atoms with Crippen LogP contribution in [0.1, 0.15) is 12.8 Å². The summed E-state index contributed by atoms with van der Waals surface area (Å²) in [6, 6.07) is 11.0. The van der Waals surface area contributed by atoms with Gasteiger partial charge in [0.15, 0.2) is 0 Å². The van der Waals surface area contributed by atoms with Crippen LogP contribution in [0, 0.1) is 0 Å². The first-order valence-electron chi connectivity index (χ1n) is 8.63. The van der Waals surface area contributed by atoms with Crippen LogP contribution in [-0.4, -0.2) is 36.9 Å². The van der Waals surface area contributed by atoms with E-state index in [1.54, 1.807) is 24.5 Å². The van der Waals surface area contributed by atoms with Crippen LogP contribution in [-0.2, 0) is 10.0 Å². The van der Waals surface area contributed by atoms with Crippen molar-refractivity contribution in [2.45, 2.75) is 23.8 Å². The number of nitrogens with zero attached hydrogens (tertiary/aromatic N) is 2. The van der Waals surface area contributed by atoms with Gasteiger partial charge in [-0.25, -0.2) is 13.2 Å². The molecular weight excluding hydrogens is 368 g/mol. The van der Waals surface area contributed by atoms with Crippen molar-refractivity contribution in [3.63, 3.8) is 0 Å². The van der Waals surface area contributed by atoms with Gasteiger partial charge in [0.2, 0.25) is 10.0 Å². The van der Waals surface area contributed by atoms with Crippen molar-refractivity contribution in [1.29, 1.82) is 0 Å². The fourth-order valence-electron chi connectivity index (χ4n) is 3.16. The molecule has 0 bridgehead atoms. The highest BCUT2D eigenvalue weighted by atomic mass is 32.2. The summed E-state index contributed by atoms with van der Waals surface area (Å²) in [5.41, 5.74) is -0.0983. The molecule has 1 aromatic carbocycles. The van der Waals surface area contributed by atoms with E-state index in [0.717, 1.165) is 0 Å². The highest BCUT2D eigenvalue weighted by Gasteiger charge is 2.30. The standard InChI is InChI=1S/C19H18N2O5S/c22-19-6-3-14-12-17(4-5-18(14)26-19)27(23,24)21-10-7-15(8-11-21)25-16-2-1-9-20-13-16/h1-6,9,12-13,15H,7-8,10-11H2. The molecule has 0 unspecified atom stereocenters. The fraction of sp³-hybridized carbons (Fsp3) is 0.263. The molecule has 0 saturated carbocycles. The second kappa shape index (κ2) is 7.13. The zero-order chi connectivity index (χ0) is 18.9. The molecule has 0 radical (unpaired) electrons. The fourth-order valence-corrected chi connectivity index (χ4v) is 4.66. The van der Waals surface area contributed by atoms with Crippen molar-refractivity contribution in [1.82, 2.24) is 9.29 Å². The first kappa shape index (κ1) is 17.7. The molecule has 2 aromatic heterocycles. The number of ether oxygens (including phenoxy) is 1. The van der Waals surface area contributed by atoms with E-state index in [9.17, 15) is 13.2 Å². The number of fused-ring (bicyclic) bond motifs is 1. The molecule has 1 saturated heterocycles. The van der Waals surface area contributed by atoms with Crippen LogP contribution < -0.4 is 10.4 Å². The third-order valence-corrected chi connectivity index (χ3v) is 6.46. The molecule has 1 aliphatic rings. The Balaban J connectivity index is 1.48. The van der Waals surface area contributed by atoms with Gasteiger partial charge in [-0.1, -0.05) is 0 Å². The molecule has 4 rings (SSSR count). The van der Waals surface area contributed by atoms with Crippen LogP contribution in [0.25, 0.3) is 11.0 Å². The lowest BCUT2D eigenvalue weighted by Gasteiger charge is -2.31. The first-order chi connectivity index (χ1) is 13.0. The van der Waals surface area contributed by atoms with Gasteiger partial charge < -0.3 is 9.15 Å². The van der Waals surface area contributed by atoms with Crippen LogP contribution in [0.3, 0.4) is 0 Å². The van der Waals surface area contributed by atoms with Crippen molar-refractivity contribution in [2.24, 2.45) is 0 Å². The molecule has 0 atom stereocenters. The molecule has 0 N–H and O–H groups in total. The summed E-state index contributed by atoms with van der Waals surface area (Å²) in [7, 11) is -3.61. The van der Waals surface area contributed by atoms with Gasteiger partial charge in [-0.05, 0) is 49.2 Å². The van der Waals surface area contributed by atoms with Gasteiger partial charge in [0.25, 0.3) is 0 Å². The highest BCUT2D eigenvalue weighted by molar-refractivity contribution is 7.89. The molecule has 0 aliphatic carbocycles. The van der Waals surface area contributed by atoms with Crippen LogP contribution in [0.5, 0.6) is 5.75 Å². The number of benzene rings is 1. The molecule has 140 valence electrons. The van der Waals surface area contributed by atoms with Crippen molar-refractivity contribution in [3.8, 4) is 5.75 Å². The van der Waals surface area contributed by atoms with Crippen molar-refractivity contribution >= 4 is 21.0 Å². The smallest absolute Gasteiger partial charge is 0.336 e. The Morgan fingerprint density at radius 2 is 1.93 bits per heavy atom. The molecule has 1 fully saturated rings. The van der Waals surface area contributed by atoms with Gasteiger partial charge in [-0.3, -0.25) is 4.98 Å². The molecule has 27 heavy (non-hydrogen) atoms. The summed E-state index contributed by atoms with van der Waals surface area (Å²) in [6.07, 6.45) is 4.51. The van der Waals surface area contributed by atoms with E-state index in [4.69, 9.17) is 9.15 Å². The number of rotatable bonds is 4. The maximum atomic E-state index is 12.9. The maximum Gasteiger partial charge on any atom is 0.336 e. The third kappa shape index (κ3) is 3.72. The third-order valence-electron chi connectivity index (χ3n) is 4.57. The van der Waals surface area contributed by atoms with Crippen LogP contribution >= 0.6 is 0 Å². The molecular formula is C19H18N2O5S. The lowest BCUT2D eigenvalue weighted by atomic mass is 10.1. The van der Waals surface area contributed by atoms with E-state index in [-0.39, 0.29) is 11.0 Å². The van der Waals surface area contributed by atoms with Gasteiger partial charge in [0.05, 0.1) is 11.1 Å². The predicted octanol–water partition coefficient (Wildman–Crippen LogP) is 2.42. The van der Waals surface area contributed by atoms with E-state index in [1.807, 2.05) is 6.07 Å². The monoisotopic (exact) mass is 386 g/mol. The maximum absolute atomic E-state index is 12.9. The zero-order valence-corrected chi connectivity index (χ0v) is 15.3. The van der Waals surface area contributed by atoms with E-state index in [1.165, 1.54) is 28.6 Å². The highest BCUT2D eigenvalue weighted by Crippen LogP contribution is 2.25. The summed E-state index contributed by atoms with van der Waals surface area (Å²) in [6.45, 7) is 0.768. The average Bonchev–Trinajstić information content (AvgIpc) is 2.69. The molecule has 0 amide bonds. The minimum Gasteiger partial charge on any atom is -0.489 e. The van der Waals surface area contributed by atoms with Crippen molar-refractivity contribution < 1.29 is 17.6 Å². The quantitative estimate of drug-likeness (QED) is 0.640. The Kier molecular flexibility index (Phi) is 4.67. The van der Waals surface area contributed by atoms with Gasteiger partial charge in [-0.2, -0.15) is 4.31 Å². The predicted molar refractivity (Wildman–Crippen MR) is 99.1 cm³/mol. The largest absolute Gasteiger partial charge is 0.489 e. The van der Waals surface area contributed by atoms with E-state index in [0.29, 0.717) is 42.6 Å². The summed E-state index contributed by atoms with van der Waals surface area (Å²) in [5.74, 6) is 0.690. The molecule has 3 aromatic rings. The lowest BCUT2D eigenvalue weighted by molar-refractivity contribution is 0.134. The number of hydrogen-bond donors (Lipinski definition) is 0. The molecule has 7 nitrogen and oxygen atoms in total. The summed E-state index contributed by atoms with van der Waals surface area (Å²) < 4.78 is 38.3. The Bertz CT molecular complexity index is 1100. The summed E-state index contributed by atoms with van der Waals surface area (Å²) in [4.78, 5) is 15.5. The van der Waals surface area contributed by atoms with E-state index < -0.39 is 15.6 Å². The second-order valence-corrected chi connectivity index (χ2v) is 8.30. The number of piperidine rings is 1. The van der Waals surface area contributed by atoms with E-state index in [2.05, 4.69) is 4.98 Å². The summed E-state index contributed by atoms with van der Waals surface area (Å²) in [5, 5.41) is 0.575. The minimum atomic E-state index is -3.61. The van der Waals surface area contributed by atoms with Crippen molar-refractivity contribution in [3.05, 3.63) is 65.3 Å². The average molecular weight is 386 g/mol. The lowest BCUT2D eigenvalue weighted by Crippen LogP contribution is -2.41. The normalized spacial score (nSPS) is 16.4. The van der Waals surface area contributed by atoms with Crippen LogP contribution in [0.2, 0.25) is 0 Å². The van der Waals surface area contributed by atoms with Crippen molar-refractivity contribution in [2.75, 3.05) is 13.1 Å². The van der Waals surface area contributed by atoms with Crippen LogP contribution in [0.15, 0.2) is 69.0 Å². The zero-order valence-electron chi connectivity index (χ0n) is 14.4. The van der Waals surface area contributed by atoms with Gasteiger partial charge in [-0.15, -0.1) is 0 Å². The molecule has 3 heterocycles. The number of sulfonamides is 1. The van der Waals surface area contributed by atoms with Gasteiger partial charge in [0.1, 0.15) is 17.4 Å². The van der Waals surface area contributed by atoms with E-state index >= 15 is 0 Å². The first-order valence-corrected chi connectivity index (χ1v) is 10.1. The molecule has 0 spiro atoms. The number of aromatic nitrogens is 1. The number of pyridine rings is 1. The van der Waals surface area contributed by atoms with Crippen LogP contribution in [0.4, 0.5) is 0 Å².